The maximum absolute atomic E-state index is 14.0. The van der Waals surface area contributed by atoms with Crippen molar-refractivity contribution in [2.24, 2.45) is 0 Å². The van der Waals surface area contributed by atoms with Crippen molar-refractivity contribution in [1.29, 1.82) is 0 Å². The molecule has 2 aliphatic heterocycles. The Labute approximate surface area is 183 Å². The van der Waals surface area contributed by atoms with E-state index in [1.807, 2.05) is 0 Å². The van der Waals surface area contributed by atoms with Gasteiger partial charge in [0.2, 0.25) is 11.8 Å². The zero-order valence-electron chi connectivity index (χ0n) is 17.1. The largest absolute Gasteiger partial charge is 0.421 e. The Kier molecular flexibility index (Phi) is 5.36. The standard InChI is InChI=1S/C22H21FN6O3/c23-17-6-2-1-5-16(17)22-28-27-19(32-22)9-15-11-25-21(31)18-8-14(12-29(15)18)26-20(30)13-4-3-7-24-10-13/h1-7,10,14-15,18H,8-9,11-12H2,(H,25,31)(H,26,30)/t14-,15+,18-/m0/s1. The lowest BCUT2D eigenvalue weighted by atomic mass is 10.1. The van der Waals surface area contributed by atoms with Crippen LogP contribution < -0.4 is 10.6 Å². The summed E-state index contributed by atoms with van der Waals surface area (Å²) in [6.07, 6.45) is 4.03. The molecule has 32 heavy (non-hydrogen) atoms. The molecule has 4 heterocycles. The Morgan fingerprint density at radius 3 is 2.94 bits per heavy atom. The fourth-order valence-electron chi connectivity index (χ4n) is 4.32. The van der Waals surface area contributed by atoms with Gasteiger partial charge in [-0.2, -0.15) is 0 Å². The first-order valence-corrected chi connectivity index (χ1v) is 10.4. The number of pyridine rings is 1. The predicted octanol–water partition coefficient (Wildman–Crippen LogP) is 1.18. The quantitative estimate of drug-likeness (QED) is 0.618. The van der Waals surface area contributed by atoms with Crippen molar-refractivity contribution in [2.75, 3.05) is 13.1 Å². The maximum atomic E-state index is 14.0. The number of carbonyl (C=O) groups excluding carboxylic acids is 2. The molecule has 0 aliphatic carbocycles. The Hall–Kier alpha value is -3.66. The summed E-state index contributed by atoms with van der Waals surface area (Å²) in [5.74, 6) is -0.216. The molecule has 164 valence electrons. The van der Waals surface area contributed by atoms with Crippen LogP contribution in [0, 0.1) is 5.82 Å². The summed E-state index contributed by atoms with van der Waals surface area (Å²) < 4.78 is 19.7. The van der Waals surface area contributed by atoms with E-state index in [-0.39, 0.29) is 41.4 Å². The third kappa shape index (κ3) is 3.96. The lowest BCUT2D eigenvalue weighted by Crippen LogP contribution is -2.58. The topological polar surface area (TPSA) is 113 Å². The van der Waals surface area contributed by atoms with Gasteiger partial charge in [0.05, 0.1) is 17.2 Å². The zero-order chi connectivity index (χ0) is 22.1. The van der Waals surface area contributed by atoms with E-state index < -0.39 is 5.82 Å². The van der Waals surface area contributed by atoms with Crippen LogP contribution in [0.4, 0.5) is 4.39 Å². The van der Waals surface area contributed by atoms with Gasteiger partial charge in [0.1, 0.15) is 5.82 Å². The van der Waals surface area contributed by atoms with Crippen LogP contribution in [0.25, 0.3) is 11.5 Å². The van der Waals surface area contributed by atoms with Crippen LogP contribution in [0.2, 0.25) is 0 Å². The van der Waals surface area contributed by atoms with Gasteiger partial charge in [-0.25, -0.2) is 4.39 Å². The lowest BCUT2D eigenvalue weighted by molar-refractivity contribution is -0.129. The number of amides is 2. The van der Waals surface area contributed by atoms with Crippen LogP contribution in [0.15, 0.2) is 53.2 Å². The first-order chi connectivity index (χ1) is 15.6. The van der Waals surface area contributed by atoms with E-state index in [4.69, 9.17) is 4.42 Å². The molecule has 2 N–H and O–H groups in total. The number of benzene rings is 1. The monoisotopic (exact) mass is 436 g/mol. The number of nitrogens with zero attached hydrogens (tertiary/aromatic N) is 4. The van der Waals surface area contributed by atoms with Gasteiger partial charge in [0, 0.05) is 44.0 Å². The minimum absolute atomic E-state index is 0.0584. The molecule has 2 aromatic heterocycles. The molecule has 0 saturated carbocycles. The van der Waals surface area contributed by atoms with E-state index in [2.05, 4.69) is 30.7 Å². The summed E-state index contributed by atoms with van der Waals surface area (Å²) in [4.78, 5) is 31.0. The lowest BCUT2D eigenvalue weighted by Gasteiger charge is -2.36. The van der Waals surface area contributed by atoms with Crippen molar-refractivity contribution in [2.45, 2.75) is 31.0 Å². The number of rotatable bonds is 5. The summed E-state index contributed by atoms with van der Waals surface area (Å²) in [5, 5.41) is 14.0. The first-order valence-electron chi connectivity index (χ1n) is 10.4. The van der Waals surface area contributed by atoms with Crippen LogP contribution in [-0.2, 0) is 11.2 Å². The van der Waals surface area contributed by atoms with Crippen LogP contribution >= 0.6 is 0 Å². The van der Waals surface area contributed by atoms with Crippen molar-refractivity contribution in [3.63, 3.8) is 0 Å². The third-order valence-electron chi connectivity index (χ3n) is 5.86. The average molecular weight is 436 g/mol. The summed E-state index contributed by atoms with van der Waals surface area (Å²) in [7, 11) is 0. The predicted molar refractivity (Wildman–Crippen MR) is 111 cm³/mol. The molecule has 0 radical (unpaired) electrons. The van der Waals surface area contributed by atoms with Gasteiger partial charge in [0.25, 0.3) is 11.8 Å². The van der Waals surface area contributed by atoms with E-state index in [0.717, 1.165) is 0 Å². The molecule has 2 saturated heterocycles. The summed E-state index contributed by atoms with van der Waals surface area (Å²) in [5.41, 5.74) is 0.727. The Morgan fingerprint density at radius 2 is 2.12 bits per heavy atom. The number of aromatic nitrogens is 3. The van der Waals surface area contributed by atoms with Gasteiger partial charge >= 0.3 is 0 Å². The fourth-order valence-corrected chi connectivity index (χ4v) is 4.32. The highest BCUT2D eigenvalue weighted by Gasteiger charge is 2.44. The van der Waals surface area contributed by atoms with Crippen LogP contribution in [-0.4, -0.2) is 63.1 Å². The number of fused-ring (bicyclic) bond motifs is 1. The molecule has 5 rings (SSSR count). The molecule has 10 heteroatoms. The molecule has 2 fully saturated rings. The van der Waals surface area contributed by atoms with Crippen molar-refractivity contribution in [3.05, 3.63) is 66.1 Å². The van der Waals surface area contributed by atoms with Crippen molar-refractivity contribution in [3.8, 4) is 11.5 Å². The van der Waals surface area contributed by atoms with E-state index in [1.54, 1.807) is 36.5 Å². The van der Waals surface area contributed by atoms with Gasteiger partial charge in [-0.15, -0.1) is 10.2 Å². The van der Waals surface area contributed by atoms with Gasteiger partial charge in [-0.1, -0.05) is 12.1 Å². The van der Waals surface area contributed by atoms with Crippen LogP contribution in [0.5, 0.6) is 0 Å². The minimum atomic E-state index is -0.431. The highest BCUT2D eigenvalue weighted by atomic mass is 19.1. The molecule has 3 atom stereocenters. The minimum Gasteiger partial charge on any atom is -0.421 e. The molecule has 1 aromatic carbocycles. The van der Waals surface area contributed by atoms with Crippen LogP contribution in [0.1, 0.15) is 22.7 Å². The van der Waals surface area contributed by atoms with Crippen LogP contribution in [0.3, 0.4) is 0 Å². The zero-order valence-corrected chi connectivity index (χ0v) is 17.1. The van der Waals surface area contributed by atoms with E-state index in [0.29, 0.717) is 37.4 Å². The smallest absolute Gasteiger partial charge is 0.253 e. The molecule has 2 amide bonds. The second-order valence-corrected chi connectivity index (χ2v) is 7.94. The molecule has 0 spiro atoms. The third-order valence-corrected chi connectivity index (χ3v) is 5.86. The molecular formula is C22H21FN6O3. The van der Waals surface area contributed by atoms with Crippen molar-refractivity contribution in [1.82, 2.24) is 30.7 Å². The van der Waals surface area contributed by atoms with Gasteiger partial charge < -0.3 is 15.1 Å². The number of halogens is 1. The second kappa shape index (κ2) is 8.46. The average Bonchev–Trinajstić information content (AvgIpc) is 3.44. The first kappa shape index (κ1) is 20.3. The molecule has 0 bridgehead atoms. The Morgan fingerprint density at radius 1 is 1.25 bits per heavy atom. The van der Waals surface area contributed by atoms with Gasteiger partial charge in [-0.3, -0.25) is 19.5 Å². The van der Waals surface area contributed by atoms with Gasteiger partial charge in [-0.05, 0) is 30.7 Å². The molecule has 2 aliphatic rings. The van der Waals surface area contributed by atoms with Gasteiger partial charge in [0.15, 0.2) is 0 Å². The highest BCUT2D eigenvalue weighted by Crippen LogP contribution is 2.27. The second-order valence-electron chi connectivity index (χ2n) is 7.94. The fraction of sp³-hybridized carbons (Fsp3) is 0.318. The molecule has 0 unspecified atom stereocenters. The Balaban J connectivity index is 1.27. The number of hydrogen-bond donors (Lipinski definition) is 2. The van der Waals surface area contributed by atoms with E-state index >= 15 is 0 Å². The van der Waals surface area contributed by atoms with E-state index in [9.17, 15) is 14.0 Å². The Bertz CT molecular complexity index is 1140. The molecular weight excluding hydrogens is 415 g/mol. The normalized spacial score (nSPS) is 22.9. The molecule has 9 nitrogen and oxygen atoms in total. The molecule has 3 aromatic rings. The summed E-state index contributed by atoms with van der Waals surface area (Å²) in [6, 6.07) is 9.03. The summed E-state index contributed by atoms with van der Waals surface area (Å²) in [6.45, 7) is 0.957. The number of carbonyl (C=O) groups is 2. The number of nitrogens with one attached hydrogen (secondary N) is 2. The number of hydrogen-bond acceptors (Lipinski definition) is 7. The van der Waals surface area contributed by atoms with E-state index in [1.165, 1.54) is 12.3 Å². The SMILES string of the molecule is O=C(N[C@H]1C[C@H]2C(=O)NC[C@@H](Cc3nnc(-c4ccccc4F)o3)N2C1)c1cccnc1. The maximum Gasteiger partial charge on any atom is 0.253 e. The highest BCUT2D eigenvalue weighted by molar-refractivity contribution is 5.94. The van der Waals surface area contributed by atoms with Crippen molar-refractivity contribution < 1.29 is 18.4 Å². The van der Waals surface area contributed by atoms with Crippen molar-refractivity contribution >= 4 is 11.8 Å². The number of piperazine rings is 1. The summed E-state index contributed by atoms with van der Waals surface area (Å²) >= 11 is 0.